The molecule has 18 heavy (non-hydrogen) atoms. The number of hydrogen-bond donors (Lipinski definition) is 1. The molecule has 0 aliphatic rings. The molecule has 0 atom stereocenters. The maximum atomic E-state index is 5.51. The van der Waals surface area contributed by atoms with Crippen LogP contribution in [0.1, 0.15) is 18.2 Å². The summed E-state index contributed by atoms with van der Waals surface area (Å²) in [6.45, 7) is 4.70. The van der Waals surface area contributed by atoms with Crippen LogP contribution < -0.4 is 10.2 Å². The van der Waals surface area contributed by atoms with Gasteiger partial charge in [-0.15, -0.1) is 0 Å². The smallest absolute Gasteiger partial charge is 0.122 e. The van der Waals surface area contributed by atoms with Gasteiger partial charge in [-0.3, -0.25) is 0 Å². The van der Waals surface area contributed by atoms with E-state index in [1.165, 1.54) is 11.3 Å². The third-order valence-corrected chi connectivity index (χ3v) is 2.98. The van der Waals surface area contributed by atoms with E-state index >= 15 is 0 Å². The molecule has 0 aliphatic heterocycles. The lowest BCUT2D eigenvalue weighted by molar-refractivity contribution is 0.482. The highest BCUT2D eigenvalue weighted by molar-refractivity contribution is 5.45. The van der Waals surface area contributed by atoms with Crippen LogP contribution in [0.2, 0.25) is 0 Å². The lowest BCUT2D eigenvalue weighted by atomic mass is 10.2. The molecule has 0 unspecified atom stereocenters. The van der Waals surface area contributed by atoms with Crippen molar-refractivity contribution in [3.05, 3.63) is 54.0 Å². The molecular formula is C15H20N2O. The number of nitrogens with zero attached hydrogens (tertiary/aromatic N) is 1. The number of para-hydroxylation sites is 1. The van der Waals surface area contributed by atoms with Crippen LogP contribution >= 0.6 is 0 Å². The van der Waals surface area contributed by atoms with Crippen molar-refractivity contribution in [3.8, 4) is 0 Å². The Morgan fingerprint density at radius 1 is 1.17 bits per heavy atom. The summed E-state index contributed by atoms with van der Waals surface area (Å²) in [5.41, 5.74) is 2.45. The van der Waals surface area contributed by atoms with Crippen LogP contribution in [0.25, 0.3) is 0 Å². The first-order valence-electron chi connectivity index (χ1n) is 6.33. The first-order chi connectivity index (χ1) is 8.81. The summed E-state index contributed by atoms with van der Waals surface area (Å²) in [7, 11) is 2.10. The third-order valence-electron chi connectivity index (χ3n) is 2.98. The minimum absolute atomic E-state index is 0.793. The predicted molar refractivity (Wildman–Crippen MR) is 74.6 cm³/mol. The standard InChI is InChI=1S/C15H20N2O/c1-3-16-11-15-13(9-10-18-15)12-17(2)14-7-5-4-6-8-14/h4-10,16H,3,11-12H2,1-2H3. The van der Waals surface area contributed by atoms with Crippen molar-refractivity contribution in [2.45, 2.75) is 20.0 Å². The maximum absolute atomic E-state index is 5.51. The molecule has 0 amide bonds. The van der Waals surface area contributed by atoms with Gasteiger partial charge in [-0.25, -0.2) is 0 Å². The Morgan fingerprint density at radius 3 is 2.67 bits per heavy atom. The van der Waals surface area contributed by atoms with Crippen LogP contribution in [0.3, 0.4) is 0 Å². The Hall–Kier alpha value is -1.74. The fourth-order valence-electron chi connectivity index (χ4n) is 1.93. The molecule has 0 saturated carbocycles. The van der Waals surface area contributed by atoms with E-state index in [9.17, 15) is 0 Å². The molecule has 1 aromatic heterocycles. The van der Waals surface area contributed by atoms with Crippen molar-refractivity contribution < 1.29 is 4.42 Å². The zero-order valence-electron chi connectivity index (χ0n) is 11.0. The quantitative estimate of drug-likeness (QED) is 0.846. The van der Waals surface area contributed by atoms with Crippen LogP contribution in [-0.2, 0) is 13.1 Å². The average molecular weight is 244 g/mol. The zero-order chi connectivity index (χ0) is 12.8. The van der Waals surface area contributed by atoms with Crippen LogP contribution in [0.5, 0.6) is 0 Å². The van der Waals surface area contributed by atoms with E-state index in [-0.39, 0.29) is 0 Å². The van der Waals surface area contributed by atoms with E-state index in [4.69, 9.17) is 4.42 Å². The van der Waals surface area contributed by atoms with Crippen LogP contribution in [0.4, 0.5) is 5.69 Å². The Kier molecular flexibility index (Phi) is 4.42. The minimum atomic E-state index is 0.793. The van der Waals surface area contributed by atoms with Gasteiger partial charge in [0.2, 0.25) is 0 Å². The van der Waals surface area contributed by atoms with Gasteiger partial charge in [0, 0.05) is 24.8 Å². The molecule has 0 spiro atoms. The lowest BCUT2D eigenvalue weighted by Crippen LogP contribution is -2.18. The molecule has 1 aromatic carbocycles. The van der Waals surface area contributed by atoms with E-state index in [1.54, 1.807) is 6.26 Å². The van der Waals surface area contributed by atoms with Gasteiger partial charge >= 0.3 is 0 Å². The molecular weight excluding hydrogens is 224 g/mol. The second-order valence-corrected chi connectivity index (χ2v) is 4.34. The molecule has 2 aromatic rings. The van der Waals surface area contributed by atoms with Crippen molar-refractivity contribution in [3.63, 3.8) is 0 Å². The molecule has 0 bridgehead atoms. The van der Waals surface area contributed by atoms with E-state index < -0.39 is 0 Å². The van der Waals surface area contributed by atoms with Crippen molar-refractivity contribution >= 4 is 5.69 Å². The monoisotopic (exact) mass is 244 g/mol. The zero-order valence-corrected chi connectivity index (χ0v) is 11.0. The number of anilines is 1. The maximum Gasteiger partial charge on any atom is 0.122 e. The van der Waals surface area contributed by atoms with Gasteiger partial charge in [-0.2, -0.15) is 0 Å². The predicted octanol–water partition coefficient (Wildman–Crippen LogP) is 3.03. The van der Waals surface area contributed by atoms with Crippen molar-refractivity contribution in [2.75, 3.05) is 18.5 Å². The molecule has 3 nitrogen and oxygen atoms in total. The van der Waals surface area contributed by atoms with Gasteiger partial charge in [0.1, 0.15) is 5.76 Å². The summed E-state index contributed by atoms with van der Waals surface area (Å²) in [5, 5.41) is 3.29. The molecule has 0 saturated heterocycles. The van der Waals surface area contributed by atoms with E-state index in [0.717, 1.165) is 25.4 Å². The highest BCUT2D eigenvalue weighted by Crippen LogP contribution is 2.17. The largest absolute Gasteiger partial charge is 0.468 e. The molecule has 1 heterocycles. The number of furan rings is 1. The van der Waals surface area contributed by atoms with Crippen molar-refractivity contribution in [1.29, 1.82) is 0 Å². The Labute approximate surface area is 108 Å². The summed E-state index contributed by atoms with van der Waals surface area (Å²) in [4.78, 5) is 2.22. The topological polar surface area (TPSA) is 28.4 Å². The summed E-state index contributed by atoms with van der Waals surface area (Å²) in [5.74, 6) is 1.03. The lowest BCUT2D eigenvalue weighted by Gasteiger charge is -2.19. The fourth-order valence-corrected chi connectivity index (χ4v) is 1.93. The molecule has 0 radical (unpaired) electrons. The molecule has 0 aliphatic carbocycles. The molecule has 96 valence electrons. The summed E-state index contributed by atoms with van der Waals surface area (Å²) < 4.78 is 5.51. The Balaban J connectivity index is 2.03. The third kappa shape index (κ3) is 3.14. The highest BCUT2D eigenvalue weighted by Gasteiger charge is 2.08. The fraction of sp³-hybridized carbons (Fsp3) is 0.333. The van der Waals surface area contributed by atoms with Crippen molar-refractivity contribution in [2.24, 2.45) is 0 Å². The van der Waals surface area contributed by atoms with Gasteiger partial charge in [0.15, 0.2) is 0 Å². The highest BCUT2D eigenvalue weighted by atomic mass is 16.3. The number of rotatable bonds is 6. The second kappa shape index (κ2) is 6.26. The van der Waals surface area contributed by atoms with E-state index in [0.29, 0.717) is 0 Å². The SMILES string of the molecule is CCNCc1occc1CN(C)c1ccccc1. The number of benzene rings is 1. The number of hydrogen-bond acceptors (Lipinski definition) is 3. The van der Waals surface area contributed by atoms with Gasteiger partial charge in [0.25, 0.3) is 0 Å². The van der Waals surface area contributed by atoms with Crippen LogP contribution in [0.15, 0.2) is 47.1 Å². The van der Waals surface area contributed by atoms with Crippen LogP contribution in [-0.4, -0.2) is 13.6 Å². The average Bonchev–Trinajstić information content (AvgIpc) is 2.84. The second-order valence-electron chi connectivity index (χ2n) is 4.34. The summed E-state index contributed by atoms with van der Waals surface area (Å²) >= 11 is 0. The van der Waals surface area contributed by atoms with E-state index in [1.807, 2.05) is 12.1 Å². The molecule has 2 rings (SSSR count). The Bertz CT molecular complexity index is 464. The van der Waals surface area contributed by atoms with Crippen molar-refractivity contribution in [1.82, 2.24) is 5.32 Å². The number of nitrogens with one attached hydrogen (secondary N) is 1. The summed E-state index contributed by atoms with van der Waals surface area (Å²) in [6, 6.07) is 12.4. The normalized spacial score (nSPS) is 10.6. The first kappa shape index (κ1) is 12.7. The van der Waals surface area contributed by atoms with Crippen LogP contribution in [0, 0.1) is 0 Å². The summed E-state index contributed by atoms with van der Waals surface area (Å²) in [6.07, 6.45) is 1.76. The van der Waals surface area contributed by atoms with Gasteiger partial charge in [-0.1, -0.05) is 25.1 Å². The molecule has 1 N–H and O–H groups in total. The molecule has 0 fully saturated rings. The van der Waals surface area contributed by atoms with Gasteiger partial charge < -0.3 is 14.6 Å². The molecule has 3 heteroatoms. The minimum Gasteiger partial charge on any atom is -0.468 e. The Morgan fingerprint density at radius 2 is 1.94 bits per heavy atom. The van der Waals surface area contributed by atoms with E-state index in [2.05, 4.69) is 48.5 Å². The van der Waals surface area contributed by atoms with Gasteiger partial charge in [-0.05, 0) is 24.7 Å². The van der Waals surface area contributed by atoms with Gasteiger partial charge in [0.05, 0.1) is 12.8 Å². The first-order valence-corrected chi connectivity index (χ1v) is 6.33.